The Kier molecular flexibility index (Phi) is 6.59. The third-order valence-electron chi connectivity index (χ3n) is 9.34. The van der Waals surface area contributed by atoms with Gasteiger partial charge in [0.25, 0.3) is 11.8 Å². The van der Waals surface area contributed by atoms with Crippen molar-refractivity contribution in [3.8, 4) is 5.75 Å². The van der Waals surface area contributed by atoms with Gasteiger partial charge >= 0.3 is 0 Å². The number of nitrogens with zero attached hydrogens (tertiary/aromatic N) is 2. The van der Waals surface area contributed by atoms with Crippen molar-refractivity contribution < 1.29 is 24.3 Å². The molecular formula is C31H22BrCl2IN2O5. The first-order chi connectivity index (χ1) is 20.0. The maximum Gasteiger partial charge on any atom is 0.254 e. The lowest BCUT2D eigenvalue weighted by Gasteiger charge is -2.51. The fraction of sp³-hybridized carbons (Fsp3) is 0.290. The Morgan fingerprint density at radius 2 is 1.64 bits per heavy atom. The number of amides is 4. The molecule has 3 aromatic carbocycles. The summed E-state index contributed by atoms with van der Waals surface area (Å²) in [6.07, 6.45) is 2.01. The third-order valence-corrected chi connectivity index (χ3v) is 12.0. The van der Waals surface area contributed by atoms with Crippen molar-refractivity contribution in [2.24, 2.45) is 17.8 Å². The molecule has 11 heteroatoms. The number of hydrogen-bond donors (Lipinski definition) is 1. The van der Waals surface area contributed by atoms with Gasteiger partial charge in [0, 0.05) is 15.1 Å². The minimum absolute atomic E-state index is 0.103. The summed E-state index contributed by atoms with van der Waals surface area (Å²) in [5, 5.41) is 12.8. The predicted octanol–water partition coefficient (Wildman–Crippen LogP) is 6.07. The molecule has 42 heavy (non-hydrogen) atoms. The molecule has 7 rings (SSSR count). The Bertz CT molecular complexity index is 1770. The zero-order chi connectivity index (χ0) is 29.7. The van der Waals surface area contributed by atoms with Crippen molar-refractivity contribution >= 4 is 102 Å². The van der Waals surface area contributed by atoms with Crippen LogP contribution in [0.1, 0.15) is 24.3 Å². The first-order valence-electron chi connectivity index (χ1n) is 13.4. The van der Waals surface area contributed by atoms with Crippen LogP contribution in [0.25, 0.3) is 10.8 Å². The minimum Gasteiger partial charge on any atom is -0.508 e. The van der Waals surface area contributed by atoms with Gasteiger partial charge in [-0.05, 0) is 82.5 Å². The molecule has 2 aliphatic carbocycles. The molecule has 1 saturated carbocycles. The molecule has 0 radical (unpaired) electrons. The first kappa shape index (κ1) is 28.3. The monoisotopic (exact) mass is 778 g/mol. The summed E-state index contributed by atoms with van der Waals surface area (Å²) in [7, 11) is 0. The lowest BCUT2D eigenvalue weighted by Crippen LogP contribution is -2.60. The number of phenolic OH excluding ortho intramolecular Hbond substituents is 1. The highest BCUT2D eigenvalue weighted by Gasteiger charge is 2.76. The van der Waals surface area contributed by atoms with Gasteiger partial charge in [-0.3, -0.25) is 29.0 Å². The molecule has 4 amide bonds. The minimum atomic E-state index is -1.99. The number of carbonyl (C=O) groups excluding carboxylic acids is 4. The predicted molar refractivity (Wildman–Crippen MR) is 171 cm³/mol. The van der Waals surface area contributed by atoms with Gasteiger partial charge in [-0.2, -0.15) is 0 Å². The molecule has 6 atom stereocenters. The number of benzene rings is 3. The molecule has 2 aliphatic heterocycles. The lowest BCUT2D eigenvalue weighted by atomic mass is 9.56. The van der Waals surface area contributed by atoms with Crippen LogP contribution in [-0.2, 0) is 19.2 Å². The van der Waals surface area contributed by atoms with Crippen molar-refractivity contribution in [3.63, 3.8) is 0 Å². The molecule has 6 unspecified atom stereocenters. The summed E-state index contributed by atoms with van der Waals surface area (Å²) in [5.74, 6) is -5.32. The van der Waals surface area contributed by atoms with E-state index in [4.69, 9.17) is 23.2 Å². The van der Waals surface area contributed by atoms with Crippen LogP contribution in [0.2, 0.25) is 0 Å². The number of alkyl halides is 3. The van der Waals surface area contributed by atoms with Gasteiger partial charge in [-0.1, -0.05) is 57.9 Å². The molecule has 1 N–H and O–H groups in total. The average molecular weight is 780 g/mol. The number of phenols is 1. The smallest absolute Gasteiger partial charge is 0.254 e. The van der Waals surface area contributed by atoms with E-state index in [0.29, 0.717) is 22.2 Å². The Labute approximate surface area is 273 Å². The van der Waals surface area contributed by atoms with E-state index in [-0.39, 0.29) is 35.9 Å². The van der Waals surface area contributed by atoms with Crippen molar-refractivity contribution in [2.75, 3.05) is 10.4 Å². The van der Waals surface area contributed by atoms with Gasteiger partial charge in [-0.15, -0.1) is 23.2 Å². The number of imide groups is 2. The Hall–Kier alpha value is -2.47. The number of rotatable bonds is 3. The number of halogens is 4. The second-order valence-electron chi connectivity index (χ2n) is 11.2. The molecule has 3 aromatic rings. The van der Waals surface area contributed by atoms with Crippen LogP contribution in [0.5, 0.6) is 5.75 Å². The van der Waals surface area contributed by atoms with Crippen LogP contribution in [0.15, 0.2) is 72.3 Å². The summed E-state index contributed by atoms with van der Waals surface area (Å²) in [6, 6.07) is 17.8. The van der Waals surface area contributed by atoms with Crippen molar-refractivity contribution in [2.45, 2.75) is 28.5 Å². The van der Waals surface area contributed by atoms with Crippen LogP contribution in [0.4, 0.5) is 5.69 Å². The van der Waals surface area contributed by atoms with Gasteiger partial charge < -0.3 is 5.11 Å². The molecule has 0 bridgehead atoms. The molecule has 7 nitrogen and oxygen atoms in total. The largest absolute Gasteiger partial charge is 0.508 e. The first-order valence-corrected chi connectivity index (χ1v) is 16.3. The summed E-state index contributed by atoms with van der Waals surface area (Å²) in [5.41, 5.74) is 1.37. The van der Waals surface area contributed by atoms with Crippen LogP contribution < -0.4 is 4.90 Å². The second-order valence-corrected chi connectivity index (χ2v) is 14.2. The van der Waals surface area contributed by atoms with E-state index in [0.717, 1.165) is 13.9 Å². The van der Waals surface area contributed by atoms with E-state index in [2.05, 4.69) is 38.5 Å². The molecule has 0 aromatic heterocycles. The van der Waals surface area contributed by atoms with Crippen LogP contribution in [-0.4, -0.2) is 48.8 Å². The van der Waals surface area contributed by atoms with Gasteiger partial charge in [0.2, 0.25) is 11.8 Å². The van der Waals surface area contributed by atoms with Crippen LogP contribution in [0.3, 0.4) is 0 Å². The quantitative estimate of drug-likeness (QED) is 0.115. The van der Waals surface area contributed by atoms with Crippen molar-refractivity contribution in [3.05, 3.63) is 81.4 Å². The summed E-state index contributed by atoms with van der Waals surface area (Å²) < 4.78 is 0.963. The molecule has 3 fully saturated rings. The number of hydrogen-bond acceptors (Lipinski definition) is 5. The zero-order valence-electron chi connectivity index (χ0n) is 21.8. The van der Waals surface area contributed by atoms with Crippen molar-refractivity contribution in [1.29, 1.82) is 0 Å². The van der Waals surface area contributed by atoms with E-state index in [9.17, 15) is 24.3 Å². The van der Waals surface area contributed by atoms with E-state index in [1.807, 2.05) is 42.5 Å². The van der Waals surface area contributed by atoms with E-state index in [1.165, 1.54) is 11.0 Å². The Morgan fingerprint density at radius 3 is 2.36 bits per heavy atom. The third kappa shape index (κ3) is 3.56. The van der Waals surface area contributed by atoms with Gasteiger partial charge in [-0.25, -0.2) is 0 Å². The Morgan fingerprint density at radius 1 is 0.929 bits per heavy atom. The number of anilines is 1. The fourth-order valence-corrected chi connectivity index (χ4v) is 9.27. The van der Waals surface area contributed by atoms with E-state index < -0.39 is 45.2 Å². The summed E-state index contributed by atoms with van der Waals surface area (Å²) >= 11 is 20.1. The molecule has 0 spiro atoms. The molecule has 2 saturated heterocycles. The number of carbonyl (C=O) groups is 4. The van der Waals surface area contributed by atoms with E-state index >= 15 is 0 Å². The average Bonchev–Trinajstić information content (AvgIpc) is 3.32. The fourth-order valence-electron chi connectivity index (χ4n) is 7.50. The lowest BCUT2D eigenvalue weighted by molar-refractivity contribution is -0.138. The number of aromatic hydroxyl groups is 1. The molecule has 4 aliphatic rings. The van der Waals surface area contributed by atoms with Gasteiger partial charge in [0.15, 0.2) is 9.75 Å². The maximum atomic E-state index is 14.1. The molecular weight excluding hydrogens is 758 g/mol. The molecule has 2 heterocycles. The number of fused-ring (bicyclic) bond motifs is 5. The van der Waals surface area contributed by atoms with Crippen LogP contribution in [0, 0.1) is 21.3 Å². The van der Waals surface area contributed by atoms with Gasteiger partial charge in [0.05, 0.1) is 23.0 Å². The molecule has 214 valence electrons. The van der Waals surface area contributed by atoms with Crippen molar-refractivity contribution in [1.82, 2.24) is 4.90 Å². The SMILES string of the molecule is O=C1C2CC=C3C(CC4(Cl)C(=O)N(CBr)C(=O)C4(Cl)C3c3c(O)ccc4ccccc34)C2C(=O)N1c1ccc(I)cc1. The highest BCUT2D eigenvalue weighted by Crippen LogP contribution is 2.66. The maximum absolute atomic E-state index is 14.1. The number of likely N-dealkylation sites (tertiary alicyclic amines) is 1. The normalized spacial score (nSPS) is 32.2. The second kappa shape index (κ2) is 9.77. The standard InChI is InChI=1S/C31H22BrCl2IN2O5/c32-14-36-28(41)30(33)13-21-19(10-11-20-23(21)27(40)37(26(20)39)17-8-6-16(35)7-9-17)25(31(30,34)29(36)42)24-18-4-2-1-3-15(18)5-12-22(24)38/h1-10,12,20-21,23,25,38H,11,13-14H2. The van der Waals surface area contributed by atoms with Gasteiger partial charge in [0.1, 0.15) is 5.75 Å². The zero-order valence-corrected chi connectivity index (χ0v) is 27.0. The topological polar surface area (TPSA) is 95.0 Å². The van der Waals surface area contributed by atoms with E-state index in [1.54, 1.807) is 18.2 Å². The number of allylic oxidation sites excluding steroid dienone is 2. The van der Waals surface area contributed by atoms with Crippen LogP contribution >= 0.6 is 61.7 Å². The summed E-state index contributed by atoms with van der Waals surface area (Å²) in [4.78, 5) is 54.1. The highest BCUT2D eigenvalue weighted by atomic mass is 127. The summed E-state index contributed by atoms with van der Waals surface area (Å²) in [6.45, 7) is 0. The highest BCUT2D eigenvalue weighted by molar-refractivity contribution is 14.1. The Balaban J connectivity index is 1.45.